The molecule has 0 amide bonds. The predicted molar refractivity (Wildman–Crippen MR) is 153 cm³/mol. The van der Waals surface area contributed by atoms with E-state index >= 15 is 0 Å². The van der Waals surface area contributed by atoms with Crippen LogP contribution in [0.2, 0.25) is 0 Å². The van der Waals surface area contributed by atoms with Crippen LogP contribution in [0.4, 0.5) is 5.69 Å². The zero-order chi connectivity index (χ0) is 24.9. The first-order valence-corrected chi connectivity index (χ1v) is 14.8. The minimum atomic E-state index is -2.36. The Balaban J connectivity index is 2.32. The van der Waals surface area contributed by atoms with Crippen molar-refractivity contribution in [2.45, 2.75) is 65.8 Å². The molecule has 0 N–H and O–H groups in total. The molecule has 3 aromatic rings. The summed E-state index contributed by atoms with van der Waals surface area (Å²) in [4.78, 5) is 0. The molecule has 0 unspecified atom stereocenters. The average molecular weight is 513 g/mol. The van der Waals surface area contributed by atoms with Crippen molar-refractivity contribution in [2.24, 2.45) is 0 Å². The second-order valence-electron chi connectivity index (χ2n) is 10.8. The lowest BCUT2D eigenvalue weighted by molar-refractivity contribution is -0.301. The van der Waals surface area contributed by atoms with Crippen molar-refractivity contribution in [1.82, 2.24) is 4.58 Å². The van der Waals surface area contributed by atoms with Gasteiger partial charge in [0, 0.05) is 21.7 Å². The maximum Gasteiger partial charge on any atom is 0.528 e. The molecule has 0 aromatic heterocycles. The molecule has 1 heterocycles. The second-order valence-corrected chi connectivity index (χ2v) is 15.4. The van der Waals surface area contributed by atoms with Gasteiger partial charge in [0.25, 0.3) is 0 Å². The van der Waals surface area contributed by atoms with E-state index in [-0.39, 0.29) is 5.54 Å². The van der Waals surface area contributed by atoms with Gasteiger partial charge < -0.3 is 8.82 Å². The van der Waals surface area contributed by atoms with Crippen LogP contribution in [0.3, 0.4) is 0 Å². The minimum Gasteiger partial charge on any atom is -0.384 e. The zero-order valence-electron chi connectivity index (χ0n) is 21.3. The number of hydrogen-bond donors (Lipinski definition) is 0. The van der Waals surface area contributed by atoms with Crippen molar-refractivity contribution in [3.8, 4) is 0 Å². The van der Waals surface area contributed by atoms with E-state index in [1.165, 1.54) is 27.4 Å². The molecule has 4 rings (SSSR count). The van der Waals surface area contributed by atoms with Crippen LogP contribution in [0.15, 0.2) is 78.9 Å². The summed E-state index contributed by atoms with van der Waals surface area (Å²) in [5, 5.41) is 0.486. The fourth-order valence-corrected chi connectivity index (χ4v) is 12.7. The fraction of sp³-hybridized carbons (Fsp3) is 0.357. The van der Waals surface area contributed by atoms with Gasteiger partial charge in [-0.25, -0.2) is 0 Å². The molecule has 0 spiro atoms. The van der Waals surface area contributed by atoms with Crippen LogP contribution in [0, 0.1) is 0 Å². The Morgan fingerprint density at radius 3 is 1.47 bits per heavy atom. The van der Waals surface area contributed by atoms with Gasteiger partial charge in [0.2, 0.25) is 0 Å². The van der Waals surface area contributed by atoms with Gasteiger partial charge in [0.15, 0.2) is 12.9 Å². The average Bonchev–Trinajstić information content (AvgIpc) is 2.77. The molecule has 180 valence electrons. The van der Waals surface area contributed by atoms with Crippen molar-refractivity contribution in [1.29, 1.82) is 0 Å². The van der Waals surface area contributed by atoms with Gasteiger partial charge >= 0.3 is 5.25 Å². The summed E-state index contributed by atoms with van der Waals surface area (Å²) in [6.45, 7) is 15.7. The molecule has 0 saturated heterocycles. The van der Waals surface area contributed by atoms with Gasteiger partial charge in [-0.3, -0.25) is 22.9 Å². The number of nitrogens with zero attached hydrogens (tertiary/aromatic N) is 2. The standard InChI is InChI=1S/C28H36BCl2N2P/c1-21(2)25-19-14-20-26(22(3)4)27(25)32-29(30,31)33(28(5,6)7)34(32,23-15-10-8-11-16-23)24-17-12-9-13-18-24/h8-22H,1-7H3. The van der Waals surface area contributed by atoms with Crippen molar-refractivity contribution in [3.63, 3.8) is 0 Å². The van der Waals surface area contributed by atoms with Crippen molar-refractivity contribution < 1.29 is 4.24 Å². The van der Waals surface area contributed by atoms with Crippen LogP contribution in [0.25, 0.3) is 0 Å². The lowest BCUT2D eigenvalue weighted by Crippen LogP contribution is -2.69. The van der Waals surface area contributed by atoms with Gasteiger partial charge in [-0.05, 0) is 62.4 Å². The molecule has 3 aromatic carbocycles. The third-order valence-corrected chi connectivity index (χ3v) is 12.8. The molecule has 1 aliphatic heterocycles. The largest absolute Gasteiger partial charge is 0.528 e. The molecule has 34 heavy (non-hydrogen) atoms. The molecule has 0 atom stereocenters. The summed E-state index contributed by atoms with van der Waals surface area (Å²) in [5.41, 5.74) is 3.55. The fourth-order valence-electron chi connectivity index (χ4n) is 5.46. The van der Waals surface area contributed by atoms with Crippen LogP contribution in [0.5, 0.6) is 0 Å². The first-order chi connectivity index (χ1) is 15.9. The summed E-state index contributed by atoms with van der Waals surface area (Å²) in [6.07, 6.45) is 0. The Labute approximate surface area is 215 Å². The van der Waals surface area contributed by atoms with Crippen molar-refractivity contribution in [3.05, 3.63) is 90.0 Å². The molecular formula is C28H36BCl2N2P. The summed E-state index contributed by atoms with van der Waals surface area (Å²) in [5.74, 6) is 0.677. The highest BCUT2D eigenvalue weighted by Gasteiger charge is 2.66. The number of para-hydroxylation sites is 1. The van der Waals surface area contributed by atoms with E-state index in [0.717, 1.165) is 0 Å². The molecular weight excluding hydrogens is 477 g/mol. The van der Waals surface area contributed by atoms with E-state index in [1.54, 1.807) is 0 Å². The number of rotatable bonds is 5. The van der Waals surface area contributed by atoms with Crippen LogP contribution < -0.4 is 10.6 Å². The highest BCUT2D eigenvalue weighted by molar-refractivity contribution is 7.84. The van der Waals surface area contributed by atoms with E-state index in [0.29, 0.717) is 11.8 Å². The highest BCUT2D eigenvalue weighted by atomic mass is 35.5. The van der Waals surface area contributed by atoms with E-state index in [2.05, 4.69) is 136 Å². The van der Waals surface area contributed by atoms with E-state index < -0.39 is 12.5 Å². The molecule has 0 bridgehead atoms. The lowest BCUT2D eigenvalue weighted by Gasteiger charge is -2.62. The lowest BCUT2D eigenvalue weighted by atomic mass is 9.89. The van der Waals surface area contributed by atoms with E-state index in [4.69, 9.17) is 22.9 Å². The Morgan fingerprint density at radius 2 is 1.12 bits per heavy atom. The molecule has 0 radical (unpaired) electrons. The molecule has 0 aliphatic carbocycles. The quantitative estimate of drug-likeness (QED) is 0.246. The second kappa shape index (κ2) is 9.18. The Hall–Kier alpha value is -1.51. The van der Waals surface area contributed by atoms with Crippen LogP contribution in [-0.2, 0) is 0 Å². The van der Waals surface area contributed by atoms with Gasteiger partial charge in [-0.15, -0.1) is 0 Å². The summed E-state index contributed by atoms with van der Waals surface area (Å²) in [7, 11) is -2.36. The van der Waals surface area contributed by atoms with Gasteiger partial charge in [0.1, 0.15) is 0 Å². The first-order valence-electron chi connectivity index (χ1n) is 12.2. The summed E-state index contributed by atoms with van der Waals surface area (Å²) >= 11 is 15.0. The SMILES string of the molecule is CC(C)c1cccc(C(C)C)c1[N+]1=P(c2ccccc2)(c2ccccc2)N(C(C)(C)C)[B-]1(Cl)Cl. The van der Waals surface area contributed by atoms with Gasteiger partial charge in [0.05, 0.1) is 0 Å². The van der Waals surface area contributed by atoms with E-state index in [1.807, 2.05) is 0 Å². The van der Waals surface area contributed by atoms with E-state index in [9.17, 15) is 0 Å². The topological polar surface area (TPSA) is 6.25 Å². The van der Waals surface area contributed by atoms with Crippen LogP contribution >= 0.6 is 30.1 Å². The van der Waals surface area contributed by atoms with Gasteiger partial charge in [-0.1, -0.05) is 82.3 Å². The highest BCUT2D eigenvalue weighted by Crippen LogP contribution is 2.70. The smallest absolute Gasteiger partial charge is 0.384 e. The zero-order valence-corrected chi connectivity index (χ0v) is 23.7. The van der Waals surface area contributed by atoms with Gasteiger partial charge in [-0.2, -0.15) is 0 Å². The Bertz CT molecular complexity index is 1160. The molecule has 6 heteroatoms. The number of hydrogen-bond acceptors (Lipinski definition) is 1. The summed E-state index contributed by atoms with van der Waals surface area (Å²) < 4.78 is 4.87. The van der Waals surface area contributed by atoms with Crippen molar-refractivity contribution in [2.75, 3.05) is 0 Å². The maximum absolute atomic E-state index is 7.50. The molecule has 0 saturated carbocycles. The van der Waals surface area contributed by atoms with Crippen molar-refractivity contribution >= 4 is 51.7 Å². The third kappa shape index (κ3) is 3.90. The number of benzene rings is 3. The van der Waals surface area contributed by atoms with Crippen LogP contribution in [0.1, 0.15) is 71.4 Å². The predicted octanol–water partition coefficient (Wildman–Crippen LogP) is 8.37. The number of halogens is 2. The molecule has 2 nitrogen and oxygen atoms in total. The van der Waals surface area contributed by atoms with Crippen LogP contribution in [-0.4, -0.2) is 19.6 Å². The Kier molecular flexibility index (Phi) is 6.90. The normalized spacial score (nSPS) is 17.8. The molecule has 0 fully saturated rings. The third-order valence-electron chi connectivity index (χ3n) is 6.70. The first kappa shape index (κ1) is 25.6. The minimum absolute atomic E-state index is 0.246. The summed E-state index contributed by atoms with van der Waals surface area (Å²) in [6, 6.07) is 28.4. The monoisotopic (exact) mass is 512 g/mol. The maximum atomic E-state index is 7.50. The Morgan fingerprint density at radius 1 is 0.706 bits per heavy atom. The molecule has 1 aliphatic rings.